The number of aromatic amines is 1. The lowest BCUT2D eigenvalue weighted by molar-refractivity contribution is 0.100. The molecule has 0 fully saturated rings. The minimum atomic E-state index is -3.85. The Kier molecular flexibility index (Phi) is 5.55. The maximum Gasteiger partial charge on any atom is 0.248 e. The molecule has 8 nitrogen and oxygen atoms in total. The number of imidazole rings is 1. The number of aliphatic hydroxyl groups is 1. The predicted molar refractivity (Wildman–Crippen MR) is 117 cm³/mol. The van der Waals surface area contributed by atoms with Gasteiger partial charge in [-0.15, -0.1) is 0 Å². The lowest BCUT2D eigenvalue weighted by Gasteiger charge is -2.17. The maximum absolute atomic E-state index is 12.8. The van der Waals surface area contributed by atoms with Gasteiger partial charge in [0.1, 0.15) is 5.82 Å². The van der Waals surface area contributed by atoms with Crippen LogP contribution in [0.15, 0.2) is 77.7 Å². The molecule has 9 heteroatoms. The largest absolute Gasteiger partial charge is 0.394 e. The number of nitrogens with zero attached hydrogens (tertiary/aromatic N) is 1. The number of hydrogen-bond acceptors (Lipinski definition) is 5. The molecule has 1 heterocycles. The quantitative estimate of drug-likeness (QED) is 0.352. The first-order chi connectivity index (χ1) is 14.9. The number of carbonyl (C=O) groups is 1. The average molecular weight is 436 g/mol. The Balaban J connectivity index is 1.58. The van der Waals surface area contributed by atoms with Crippen molar-refractivity contribution in [2.24, 2.45) is 5.73 Å². The van der Waals surface area contributed by atoms with Crippen LogP contribution in [0.2, 0.25) is 0 Å². The molecule has 31 heavy (non-hydrogen) atoms. The van der Waals surface area contributed by atoms with Gasteiger partial charge in [-0.05, 0) is 48.0 Å². The summed E-state index contributed by atoms with van der Waals surface area (Å²) >= 11 is 0. The predicted octanol–water partition coefficient (Wildman–Crippen LogP) is 2.34. The zero-order chi connectivity index (χ0) is 22.0. The van der Waals surface area contributed by atoms with E-state index in [1.54, 1.807) is 54.6 Å². The van der Waals surface area contributed by atoms with Crippen molar-refractivity contribution in [3.8, 4) is 11.4 Å². The molecule has 1 atom stereocenters. The first kappa shape index (κ1) is 20.7. The maximum atomic E-state index is 12.8. The zero-order valence-electron chi connectivity index (χ0n) is 16.3. The Morgan fingerprint density at radius 3 is 2.42 bits per heavy atom. The van der Waals surface area contributed by atoms with Gasteiger partial charge in [-0.3, -0.25) is 4.79 Å². The highest BCUT2D eigenvalue weighted by Crippen LogP contribution is 2.24. The van der Waals surface area contributed by atoms with Gasteiger partial charge in [0.2, 0.25) is 15.9 Å². The third kappa shape index (κ3) is 4.33. The Hall–Kier alpha value is -3.53. The second-order valence-corrected chi connectivity index (χ2v) is 8.69. The van der Waals surface area contributed by atoms with Crippen molar-refractivity contribution >= 4 is 27.0 Å². The first-order valence-electron chi connectivity index (χ1n) is 9.45. The fourth-order valence-electron chi connectivity index (χ4n) is 3.24. The summed E-state index contributed by atoms with van der Waals surface area (Å²) in [5, 5.41) is 9.64. The Morgan fingerprint density at radius 2 is 1.77 bits per heavy atom. The van der Waals surface area contributed by atoms with Gasteiger partial charge < -0.3 is 15.8 Å². The topological polar surface area (TPSA) is 138 Å². The van der Waals surface area contributed by atoms with Crippen molar-refractivity contribution < 1.29 is 18.3 Å². The number of sulfonamides is 1. The number of hydrogen-bond donors (Lipinski definition) is 4. The molecule has 0 spiro atoms. The summed E-state index contributed by atoms with van der Waals surface area (Å²) in [6.45, 7) is -0.367. The van der Waals surface area contributed by atoms with Crippen molar-refractivity contribution in [2.75, 3.05) is 6.61 Å². The van der Waals surface area contributed by atoms with E-state index in [-0.39, 0.29) is 11.5 Å². The van der Waals surface area contributed by atoms with E-state index in [9.17, 15) is 18.3 Å². The lowest BCUT2D eigenvalue weighted by atomic mass is 10.1. The van der Waals surface area contributed by atoms with E-state index in [4.69, 9.17) is 5.73 Å². The summed E-state index contributed by atoms with van der Waals surface area (Å²) in [6, 6.07) is 19.2. The number of carbonyl (C=O) groups excluding carboxylic acids is 1. The van der Waals surface area contributed by atoms with Crippen molar-refractivity contribution in [1.82, 2.24) is 14.7 Å². The standard InChI is InChI=1S/C22H20N4O4S/c23-21(28)16-8-11-18-19(12-16)25-22(24-18)15-6-9-17(10-7-15)31(29,30)26-20(13-27)14-4-2-1-3-5-14/h1-12,20,26-27H,13H2,(H2,23,28)(H,24,25)/t20-/m0/s1. The number of amides is 1. The lowest BCUT2D eigenvalue weighted by Crippen LogP contribution is -2.30. The van der Waals surface area contributed by atoms with Gasteiger partial charge in [-0.1, -0.05) is 30.3 Å². The van der Waals surface area contributed by atoms with E-state index in [0.717, 1.165) is 0 Å². The van der Waals surface area contributed by atoms with Crippen molar-refractivity contribution in [2.45, 2.75) is 10.9 Å². The monoisotopic (exact) mass is 436 g/mol. The molecule has 1 amide bonds. The molecular weight excluding hydrogens is 416 g/mol. The summed E-state index contributed by atoms with van der Waals surface area (Å²) in [4.78, 5) is 19.0. The van der Waals surface area contributed by atoms with Crippen LogP contribution in [-0.4, -0.2) is 36.0 Å². The van der Waals surface area contributed by atoms with E-state index in [0.29, 0.717) is 33.5 Å². The molecule has 3 aromatic carbocycles. The number of fused-ring (bicyclic) bond motifs is 1. The van der Waals surface area contributed by atoms with Gasteiger partial charge in [0.15, 0.2) is 0 Å². The molecule has 4 rings (SSSR count). The average Bonchev–Trinajstić information content (AvgIpc) is 3.21. The molecule has 0 radical (unpaired) electrons. The van der Waals surface area contributed by atoms with Gasteiger partial charge in [-0.2, -0.15) is 0 Å². The van der Waals surface area contributed by atoms with Gasteiger partial charge in [0, 0.05) is 11.1 Å². The number of benzene rings is 3. The van der Waals surface area contributed by atoms with E-state index < -0.39 is 22.0 Å². The summed E-state index contributed by atoms with van der Waals surface area (Å²) < 4.78 is 28.1. The highest BCUT2D eigenvalue weighted by atomic mass is 32.2. The number of rotatable bonds is 7. The third-order valence-electron chi connectivity index (χ3n) is 4.89. The molecule has 5 N–H and O–H groups in total. The van der Waals surface area contributed by atoms with Gasteiger partial charge in [0.05, 0.1) is 28.6 Å². The molecule has 0 aliphatic carbocycles. The number of aliphatic hydroxyl groups excluding tert-OH is 1. The summed E-state index contributed by atoms with van der Waals surface area (Å²) in [5.74, 6) is 0.00263. The second-order valence-electron chi connectivity index (χ2n) is 6.97. The van der Waals surface area contributed by atoms with Crippen molar-refractivity contribution in [3.05, 3.63) is 83.9 Å². The summed E-state index contributed by atoms with van der Waals surface area (Å²) in [5.41, 5.74) is 8.34. The summed E-state index contributed by atoms with van der Waals surface area (Å²) in [7, 11) is -3.85. The molecule has 0 saturated heterocycles. The number of primary amides is 1. The molecule has 4 aromatic rings. The van der Waals surface area contributed by atoms with Crippen LogP contribution in [0.1, 0.15) is 22.0 Å². The third-order valence-corrected chi connectivity index (χ3v) is 6.37. The number of H-pyrrole nitrogens is 1. The van der Waals surface area contributed by atoms with E-state index in [1.165, 1.54) is 12.1 Å². The zero-order valence-corrected chi connectivity index (χ0v) is 17.1. The molecule has 0 saturated carbocycles. The van der Waals surface area contributed by atoms with Crippen molar-refractivity contribution in [1.29, 1.82) is 0 Å². The molecular formula is C22H20N4O4S. The molecule has 0 bridgehead atoms. The van der Waals surface area contributed by atoms with Crippen LogP contribution in [0.3, 0.4) is 0 Å². The molecule has 0 unspecified atom stereocenters. The Bertz CT molecular complexity index is 1330. The van der Waals surface area contributed by atoms with E-state index in [2.05, 4.69) is 14.7 Å². The first-order valence-corrected chi connectivity index (χ1v) is 10.9. The normalized spacial score (nSPS) is 12.7. The molecule has 0 aliphatic heterocycles. The fourth-order valence-corrected chi connectivity index (χ4v) is 4.46. The fraction of sp³-hybridized carbons (Fsp3) is 0.0909. The summed E-state index contributed by atoms with van der Waals surface area (Å²) in [6.07, 6.45) is 0. The van der Waals surface area contributed by atoms with Crippen LogP contribution in [-0.2, 0) is 10.0 Å². The van der Waals surface area contributed by atoms with Crippen LogP contribution in [0.25, 0.3) is 22.4 Å². The molecule has 158 valence electrons. The number of nitrogens with one attached hydrogen (secondary N) is 2. The van der Waals surface area contributed by atoms with Crippen LogP contribution in [0, 0.1) is 0 Å². The van der Waals surface area contributed by atoms with Crippen LogP contribution < -0.4 is 10.5 Å². The van der Waals surface area contributed by atoms with E-state index in [1.807, 2.05) is 6.07 Å². The minimum Gasteiger partial charge on any atom is -0.394 e. The smallest absolute Gasteiger partial charge is 0.248 e. The Morgan fingerprint density at radius 1 is 1.06 bits per heavy atom. The number of aromatic nitrogens is 2. The molecule has 1 aromatic heterocycles. The number of nitrogens with two attached hydrogens (primary N) is 1. The second kappa shape index (κ2) is 8.31. The Labute approximate surface area is 178 Å². The van der Waals surface area contributed by atoms with Crippen molar-refractivity contribution in [3.63, 3.8) is 0 Å². The highest BCUT2D eigenvalue weighted by Gasteiger charge is 2.21. The minimum absolute atomic E-state index is 0.0674. The van der Waals surface area contributed by atoms with Gasteiger partial charge in [-0.25, -0.2) is 18.1 Å². The molecule has 0 aliphatic rings. The SMILES string of the molecule is NC(=O)c1ccc2nc(-c3ccc(S(=O)(=O)N[C@@H](CO)c4ccccc4)cc3)[nH]c2c1. The van der Waals surface area contributed by atoms with Crippen LogP contribution in [0.4, 0.5) is 0 Å². The van der Waals surface area contributed by atoms with Crippen LogP contribution >= 0.6 is 0 Å². The highest BCUT2D eigenvalue weighted by molar-refractivity contribution is 7.89. The van der Waals surface area contributed by atoms with E-state index >= 15 is 0 Å². The van der Waals surface area contributed by atoms with Gasteiger partial charge >= 0.3 is 0 Å². The van der Waals surface area contributed by atoms with Gasteiger partial charge in [0.25, 0.3) is 0 Å². The van der Waals surface area contributed by atoms with Crippen LogP contribution in [0.5, 0.6) is 0 Å².